The molecule has 2 atom stereocenters. The van der Waals surface area contributed by atoms with Crippen LogP contribution in [0.3, 0.4) is 0 Å². The van der Waals surface area contributed by atoms with E-state index in [0.29, 0.717) is 0 Å². The Labute approximate surface area is 146 Å². The van der Waals surface area contributed by atoms with Gasteiger partial charge in [-0.2, -0.15) is 5.26 Å². The molecule has 0 aromatic carbocycles. The number of amides is 2. The highest BCUT2D eigenvalue weighted by atomic mass is 32.2. The van der Waals surface area contributed by atoms with Crippen molar-refractivity contribution >= 4 is 41.3 Å². The molecule has 2 amide bonds. The zero-order valence-electron chi connectivity index (χ0n) is 12.6. The van der Waals surface area contributed by atoms with Gasteiger partial charge in [0.2, 0.25) is 5.91 Å². The Hall–Kier alpha value is -1.74. The number of ether oxygens (including phenoxy) is 1. The van der Waals surface area contributed by atoms with Gasteiger partial charge in [-0.25, -0.2) is 4.79 Å². The van der Waals surface area contributed by atoms with E-state index in [0.717, 1.165) is 16.7 Å². The third-order valence-electron chi connectivity index (χ3n) is 3.55. The van der Waals surface area contributed by atoms with Crippen LogP contribution in [0.4, 0.5) is 0 Å². The Bertz CT molecular complexity index is 646. The normalized spacial score (nSPS) is 25.6. The van der Waals surface area contributed by atoms with Crippen molar-refractivity contribution in [3.05, 3.63) is 11.3 Å². The topological polar surface area (TPSA) is 140 Å². The Balaban J connectivity index is 2.20. The highest BCUT2D eigenvalue weighted by Gasteiger charge is 2.66. The molecule has 0 saturated carbocycles. The van der Waals surface area contributed by atoms with Gasteiger partial charge in [0.25, 0.3) is 11.6 Å². The average Bonchev–Trinajstić information content (AvgIpc) is 2.57. The van der Waals surface area contributed by atoms with Gasteiger partial charge < -0.3 is 20.3 Å². The Morgan fingerprint density at radius 1 is 1.62 bits per heavy atom. The number of nitriles is 1. The van der Waals surface area contributed by atoms with E-state index in [1.54, 1.807) is 0 Å². The molecule has 1 saturated heterocycles. The summed E-state index contributed by atoms with van der Waals surface area (Å²) in [6.07, 6.45) is 0. The van der Waals surface area contributed by atoms with Crippen molar-refractivity contribution < 1.29 is 29.3 Å². The van der Waals surface area contributed by atoms with E-state index < -0.39 is 35.5 Å². The summed E-state index contributed by atoms with van der Waals surface area (Å²) in [5.41, 5.74) is -1.68. The van der Waals surface area contributed by atoms with Gasteiger partial charge in [0, 0.05) is 12.9 Å². The molecule has 2 heterocycles. The number of rotatable bonds is 7. The lowest BCUT2D eigenvalue weighted by molar-refractivity contribution is -0.192. The molecule has 0 unspecified atom stereocenters. The van der Waals surface area contributed by atoms with Crippen LogP contribution in [0.2, 0.25) is 0 Å². The van der Waals surface area contributed by atoms with Gasteiger partial charge in [0.15, 0.2) is 0 Å². The van der Waals surface area contributed by atoms with Crippen molar-refractivity contribution in [3.63, 3.8) is 0 Å². The second-order valence-electron chi connectivity index (χ2n) is 4.89. The third-order valence-corrected chi connectivity index (χ3v) is 5.72. The van der Waals surface area contributed by atoms with Crippen molar-refractivity contribution in [3.8, 4) is 6.07 Å². The minimum Gasteiger partial charge on any atom is -0.477 e. The van der Waals surface area contributed by atoms with E-state index >= 15 is 0 Å². The lowest BCUT2D eigenvalue weighted by Crippen LogP contribution is -2.80. The summed E-state index contributed by atoms with van der Waals surface area (Å²) >= 11 is 2.29. The van der Waals surface area contributed by atoms with Crippen molar-refractivity contribution in [1.82, 2.24) is 10.2 Å². The molecule has 2 rings (SSSR count). The smallest absolute Gasteiger partial charge is 0.352 e. The molecule has 9 nitrogen and oxygen atoms in total. The van der Waals surface area contributed by atoms with Crippen molar-refractivity contribution in [2.75, 3.05) is 31.0 Å². The molecule has 3 N–H and O–H groups in total. The number of carboxylic acids is 1. The van der Waals surface area contributed by atoms with Crippen LogP contribution < -0.4 is 5.32 Å². The maximum atomic E-state index is 12.5. The van der Waals surface area contributed by atoms with E-state index in [9.17, 15) is 24.6 Å². The molecule has 0 aliphatic carbocycles. The molecule has 2 aliphatic heterocycles. The number of β-lactam (4-membered cyclic amide) rings is 1. The fraction of sp³-hybridized carbons (Fsp3) is 0.538. The van der Waals surface area contributed by atoms with Crippen LogP contribution in [0.5, 0.6) is 0 Å². The highest BCUT2D eigenvalue weighted by Crippen LogP contribution is 2.46. The first-order chi connectivity index (χ1) is 11.4. The number of carbonyl (C=O) groups is 3. The number of hydrogen-bond donors (Lipinski definition) is 3. The van der Waals surface area contributed by atoms with Crippen molar-refractivity contribution in [2.24, 2.45) is 0 Å². The van der Waals surface area contributed by atoms with E-state index in [1.165, 1.54) is 18.9 Å². The summed E-state index contributed by atoms with van der Waals surface area (Å²) < 4.78 is 5.23. The fourth-order valence-corrected chi connectivity index (χ4v) is 4.38. The summed E-state index contributed by atoms with van der Waals surface area (Å²) in [7, 11) is 1.25. The first-order valence-corrected chi connectivity index (χ1v) is 8.95. The van der Waals surface area contributed by atoms with Crippen LogP contribution in [0.1, 0.15) is 0 Å². The van der Waals surface area contributed by atoms with E-state index in [-0.39, 0.29) is 28.5 Å². The number of methoxy groups -OCH3 is 1. The number of aliphatic carboxylic acids is 1. The van der Waals surface area contributed by atoms with Gasteiger partial charge in [0.1, 0.15) is 11.1 Å². The van der Waals surface area contributed by atoms with Crippen LogP contribution in [-0.4, -0.2) is 75.0 Å². The SMILES string of the molecule is CO[C@@]1(NC(=O)CSCC#N)C(=O)N2C(C(=O)O)=C(CO)CS[C@@H]21. The van der Waals surface area contributed by atoms with Crippen LogP contribution in [-0.2, 0) is 19.1 Å². The van der Waals surface area contributed by atoms with Crippen molar-refractivity contribution in [1.29, 1.82) is 5.26 Å². The zero-order valence-corrected chi connectivity index (χ0v) is 14.3. The minimum absolute atomic E-state index is 0.0210. The molecule has 0 bridgehead atoms. The second kappa shape index (κ2) is 7.43. The van der Waals surface area contributed by atoms with Crippen LogP contribution in [0, 0.1) is 11.3 Å². The molecule has 2 aliphatic rings. The Morgan fingerprint density at radius 2 is 2.33 bits per heavy atom. The monoisotopic (exact) mass is 373 g/mol. The van der Waals surface area contributed by atoms with Gasteiger partial charge >= 0.3 is 5.97 Å². The molecule has 0 radical (unpaired) electrons. The Morgan fingerprint density at radius 3 is 2.88 bits per heavy atom. The predicted octanol–water partition coefficient (Wildman–Crippen LogP) is -1.05. The highest BCUT2D eigenvalue weighted by molar-refractivity contribution is 8.00. The predicted molar refractivity (Wildman–Crippen MR) is 85.7 cm³/mol. The quantitative estimate of drug-likeness (QED) is 0.289. The Kier molecular flexibility index (Phi) is 5.76. The largest absolute Gasteiger partial charge is 0.477 e. The molecule has 0 aromatic rings. The minimum atomic E-state index is -1.64. The molecule has 130 valence electrons. The first kappa shape index (κ1) is 18.6. The maximum absolute atomic E-state index is 12.5. The summed E-state index contributed by atoms with van der Waals surface area (Å²) in [6.45, 7) is -0.470. The number of carbonyl (C=O) groups excluding carboxylic acids is 2. The number of nitrogens with zero attached hydrogens (tertiary/aromatic N) is 2. The average molecular weight is 373 g/mol. The first-order valence-electron chi connectivity index (χ1n) is 6.75. The maximum Gasteiger partial charge on any atom is 0.352 e. The van der Waals surface area contributed by atoms with Gasteiger partial charge in [-0.05, 0) is 5.57 Å². The number of carboxylic acid groups (broad SMARTS) is 1. The second-order valence-corrected chi connectivity index (χ2v) is 6.95. The van der Waals surface area contributed by atoms with Crippen LogP contribution in [0.15, 0.2) is 11.3 Å². The molecular weight excluding hydrogens is 358 g/mol. The number of aliphatic hydroxyl groups excluding tert-OH is 1. The van der Waals surface area contributed by atoms with E-state index in [2.05, 4.69) is 5.32 Å². The van der Waals surface area contributed by atoms with E-state index in [1.807, 2.05) is 6.07 Å². The zero-order chi connectivity index (χ0) is 17.9. The van der Waals surface area contributed by atoms with Gasteiger partial charge in [-0.1, -0.05) is 0 Å². The van der Waals surface area contributed by atoms with Crippen LogP contribution >= 0.6 is 23.5 Å². The molecule has 0 spiro atoms. The summed E-state index contributed by atoms with van der Waals surface area (Å²) in [5, 5.41) is 28.8. The summed E-state index contributed by atoms with van der Waals surface area (Å²) in [6, 6.07) is 1.89. The standard InChI is InChI=1S/C13H15N3O6S2/c1-22-13(15-8(18)6-23-3-2-14)11(21)16-9(10(19)20)7(4-17)5-24-12(13)16/h12,17H,3-6H2,1H3,(H,15,18)(H,19,20)/t12-,13+/m1/s1. The molecule has 1 fully saturated rings. The number of aliphatic hydroxyl groups is 1. The van der Waals surface area contributed by atoms with Gasteiger partial charge in [-0.15, -0.1) is 23.5 Å². The van der Waals surface area contributed by atoms with Crippen LogP contribution in [0.25, 0.3) is 0 Å². The number of nitrogens with one attached hydrogen (secondary N) is 1. The summed E-state index contributed by atoms with van der Waals surface area (Å²) in [5.74, 6) is -2.19. The molecule has 24 heavy (non-hydrogen) atoms. The fourth-order valence-electron chi connectivity index (χ4n) is 2.50. The lowest BCUT2D eigenvalue weighted by Gasteiger charge is -2.55. The van der Waals surface area contributed by atoms with E-state index in [4.69, 9.17) is 10.00 Å². The number of thioether (sulfide) groups is 2. The molecule has 11 heteroatoms. The summed E-state index contributed by atoms with van der Waals surface area (Å²) in [4.78, 5) is 36.9. The lowest BCUT2D eigenvalue weighted by atomic mass is 9.98. The van der Waals surface area contributed by atoms with Gasteiger partial charge in [-0.3, -0.25) is 14.5 Å². The number of hydrogen-bond acceptors (Lipinski definition) is 8. The molecular formula is C13H15N3O6S2. The third kappa shape index (κ3) is 2.98. The van der Waals surface area contributed by atoms with Crippen molar-refractivity contribution in [2.45, 2.75) is 11.1 Å². The van der Waals surface area contributed by atoms with Gasteiger partial charge in [0.05, 0.1) is 24.2 Å². The number of fused-ring (bicyclic) bond motifs is 1. The molecule has 0 aromatic heterocycles.